The fourth-order valence-electron chi connectivity index (χ4n) is 6.21. The smallest absolute Gasteiger partial charge is 0.693 e. The fraction of sp³-hybridized carbons (Fsp3) is 0.500. The third-order valence-electron chi connectivity index (χ3n) is 9.86. The second-order valence-electron chi connectivity index (χ2n) is 17.5. The van der Waals surface area contributed by atoms with E-state index in [0.29, 0.717) is 56.7 Å². The third kappa shape index (κ3) is 47.2. The summed E-state index contributed by atoms with van der Waals surface area (Å²) in [5.41, 5.74) is 5.11. The minimum absolute atomic E-state index is 0. The van der Waals surface area contributed by atoms with Crippen LogP contribution in [-0.2, 0) is 51.8 Å². The van der Waals surface area contributed by atoms with Crippen LogP contribution in [0.15, 0.2) is 74.8 Å². The summed E-state index contributed by atoms with van der Waals surface area (Å²) in [7, 11) is 2.05. The van der Waals surface area contributed by atoms with Gasteiger partial charge in [0.1, 0.15) is 28.9 Å². The number of H-pyrrole nitrogens is 1. The Balaban J connectivity index is -0.0000000445. The SMILES string of the molecule is C.C#CC#CC.C=C(C)C.CC(=O)CC(C)=O.CCN1C(=O)CC(=O)NC1=O.CCNC(N)=O.CCn1c(=O)cc(C)n(PC)c1=O.CCn1c(=O)cc(Cl)[nH]c1=O.CCn1c(=O)cc(Cl)n(PC)c1=O.CPC.C[CH-]CCc1cc(=O)n(CC)c(=O)n1PC.[2HH].[2HH].[2HH].[2H]I.[2H][2H].[2H][2H].[2H][2H].[2H][2H].[2H][2H].[2H][2H].[2H][2H].[2H][2H].[2H][2H].[NH2-].[Rb+]. The van der Waals surface area contributed by atoms with Crippen LogP contribution in [0.25, 0.3) is 6.15 Å². The van der Waals surface area contributed by atoms with E-state index in [2.05, 4.69) is 53.7 Å². The first-order valence-corrected chi connectivity index (χ1v) is 34.5. The fourth-order valence-corrected chi connectivity index (χ4v) is 8.90. The monoisotopic (exact) mass is 1650 g/mol. The number of imide groups is 2. The number of aromatic nitrogens is 8. The third-order valence-corrected chi connectivity index (χ3v) is 13.3. The van der Waals surface area contributed by atoms with Crippen molar-refractivity contribution in [3.05, 3.63) is 154 Å². The van der Waals surface area contributed by atoms with Crippen molar-refractivity contribution in [1.82, 2.24) is 51.8 Å². The molecule has 1 aliphatic rings. The van der Waals surface area contributed by atoms with E-state index in [1.807, 2.05) is 66.4 Å². The predicted octanol–water partition coefficient (Wildman–Crippen LogP) is 7.41. The van der Waals surface area contributed by atoms with Gasteiger partial charge in [-0.1, -0.05) is 42.1 Å². The Morgan fingerprint density at radius 3 is 1.44 bits per heavy atom. The molecule has 4 aromatic rings. The molecule has 27 nitrogen and oxygen atoms in total. The maximum absolute atomic E-state index is 12.0. The number of amides is 6. The van der Waals surface area contributed by atoms with Gasteiger partial charge in [0.2, 0.25) is 11.8 Å². The molecule has 1 fully saturated rings. The molecule has 3 atom stereocenters. The summed E-state index contributed by atoms with van der Waals surface area (Å²) >= 11 is 12.5. The van der Waals surface area contributed by atoms with E-state index in [9.17, 15) is 67.1 Å². The van der Waals surface area contributed by atoms with Crippen LogP contribution in [0, 0.1) is 37.5 Å². The number of nitrogens with one attached hydrogen (secondary N) is 3. The quantitative estimate of drug-likeness (QED) is 0.0182. The van der Waals surface area contributed by atoms with Gasteiger partial charge in [0.25, 0.3) is 22.2 Å². The van der Waals surface area contributed by atoms with Gasteiger partial charge in [-0.05, 0) is 161 Å². The molecule has 0 radical (unpaired) electrons. The van der Waals surface area contributed by atoms with Gasteiger partial charge >= 0.3 is 93.0 Å². The number of rotatable bonds is 14. The number of carbonyl (C=O) groups excluding carboxylic acids is 6. The number of Topliss-reactive ketones (excluding diaryl/α,β-unsaturated/α-hetero) is 2. The summed E-state index contributed by atoms with van der Waals surface area (Å²) in [6.07, 6.45) is 8.26. The Morgan fingerprint density at radius 2 is 1.14 bits per heavy atom. The number of nitrogens with two attached hydrogens (primary N) is 2. The molecule has 0 bridgehead atoms. The van der Waals surface area contributed by atoms with Gasteiger partial charge < -0.3 is 23.6 Å². The standard InChI is InChI=1S/C11H18N2O2P.C8H13N2O2P.C7H10ClN2O2P.C6H7ClN2O2.C6H8N2O3.C5H8O2.C5H4.C4H8.C3H8N2O.C2H7P.CH4.HI.H2N.Rb.12H2/c1-4-6-7-9-8-10(14)12(5-2)11(15)13(9)16-3;1-4-9-7(11)5-6(2)10(13-3)8(9)12;1-3-9-6(11)4-5(8)10(13-2)7(9)12;1-2-9-5(10)3-4(7)8-6(9)11;1-2-8-5(10)3-4(9)7-6(8)11;1-4(6)3-5(2)7;1-3-5-4-2;1-4(2)3;1-2-5-3(4)6;1-3-2;;;;;;;;;;;;;;;;/h4,8,16H,5-7H2,1-3H3;5,13H,4H2,1-3H3;4,13H,3H2,1-2H3;3H,2H2,1H3,(H,8,11);2-3H2,1H3,(H,7,9,11);3H2,1-2H3;1H,2H3;1H2,2-3H3;2H2,1H3,(H3,4,5,6);3H,1-2H3;1H4;1H;1H2;;12*1H/q-1;;;;;;;;;;;;-1;+1;;;;;;;;;;;;/i;;;;;;;;;;;;;;9*1+1D;3*1+1/hD. The van der Waals surface area contributed by atoms with E-state index in [1.54, 1.807) is 56.3 Å². The molecule has 35 heteroatoms. The van der Waals surface area contributed by atoms with Crippen molar-refractivity contribution < 1.29 is 118 Å². The van der Waals surface area contributed by atoms with Crippen molar-refractivity contribution in [2.75, 3.05) is 46.4 Å². The maximum atomic E-state index is 12.0. The number of unbranched alkanes of at least 4 members (excludes halogenated alkanes) is 1. The minimum Gasteiger partial charge on any atom is -0.693 e. The molecule has 0 aromatic carbocycles. The summed E-state index contributed by atoms with van der Waals surface area (Å²) in [5, 5.41) is 4.67. The maximum Gasteiger partial charge on any atom is 1.00 e. The number of hydrogen-bond donors (Lipinski definition) is 4. The number of aromatic amines is 1. The molecule has 5 heterocycles. The van der Waals surface area contributed by atoms with Crippen LogP contribution in [0.5, 0.6) is 0 Å². The summed E-state index contributed by atoms with van der Waals surface area (Å²) in [5.74, 6) is 6.00. The zero-order valence-corrected chi connectivity index (χ0v) is 68.9. The normalized spacial score (nSPS) is 11.1. The molecule has 6 amide bonds. The Labute approximate surface area is 662 Å². The van der Waals surface area contributed by atoms with Crippen LogP contribution in [0.3, 0.4) is 0 Å². The summed E-state index contributed by atoms with van der Waals surface area (Å²) in [6.45, 7) is 38.8. The van der Waals surface area contributed by atoms with Crippen LogP contribution in [0.4, 0.5) is 9.59 Å². The Bertz CT molecular complexity index is 3480. The van der Waals surface area contributed by atoms with Gasteiger partial charge in [-0.2, -0.15) is 13.3 Å². The first-order valence-electron chi connectivity index (χ1n) is 36.8. The minimum atomic E-state index is -0.617. The number of allylic oxidation sites excluding steroid dienone is 1. The van der Waals surface area contributed by atoms with E-state index in [-0.39, 0.29) is 159 Å². The number of barbiturate groups is 1. The summed E-state index contributed by atoms with van der Waals surface area (Å²) in [6, 6.07) is 4.45. The topological polar surface area (TPSA) is 376 Å². The van der Waals surface area contributed by atoms with Crippen molar-refractivity contribution in [3.63, 3.8) is 0 Å². The molecule has 1 aliphatic heterocycles. The van der Waals surface area contributed by atoms with Gasteiger partial charge in [-0.15, -0.1) is 45.4 Å². The largest absolute Gasteiger partial charge is 1.00 e. The van der Waals surface area contributed by atoms with E-state index in [0.717, 1.165) is 46.8 Å². The van der Waals surface area contributed by atoms with Gasteiger partial charge in [0.05, 0.1) is 6.42 Å². The summed E-state index contributed by atoms with van der Waals surface area (Å²) < 4.78 is 105. The van der Waals surface area contributed by atoms with E-state index in [4.69, 9.17) is 56.9 Å². The predicted molar refractivity (Wildman–Crippen MR) is 421 cm³/mol. The molecule has 3 unspecified atom stereocenters. The van der Waals surface area contributed by atoms with E-state index >= 15 is 0 Å². The van der Waals surface area contributed by atoms with Crippen LogP contribution in [-0.4, -0.2) is 124 Å². The van der Waals surface area contributed by atoms with Crippen LogP contribution in [0.2, 0.25) is 10.3 Å². The average molecular weight is 1650 g/mol. The van der Waals surface area contributed by atoms with Crippen molar-refractivity contribution >= 4 is 117 Å². The van der Waals surface area contributed by atoms with Crippen molar-refractivity contribution in [1.29, 1.82) is 0.594 Å². The van der Waals surface area contributed by atoms with Crippen LogP contribution in [0.1, 0.15) is 152 Å². The number of hydrogen-bond acceptors (Lipinski definition) is 14. The number of primary amides is 1. The number of halogens is 3. The number of urea groups is 2. The first-order chi connectivity index (χ1) is 51.6. The molecule has 7 N–H and O–H groups in total. The number of carbonyl (C=O) groups is 6. The summed E-state index contributed by atoms with van der Waals surface area (Å²) in [4.78, 5) is 157. The molecule has 5 rings (SSSR count). The molecule has 93 heavy (non-hydrogen) atoms. The second kappa shape index (κ2) is 63.6. The number of ketones is 2. The molecule has 0 saturated carbocycles. The van der Waals surface area contributed by atoms with Crippen molar-refractivity contribution in [2.24, 2.45) is 5.73 Å². The molecular weight excluding hydrogens is 1510 g/mol. The number of terminal acetylenes is 1. The van der Waals surface area contributed by atoms with E-state index in [1.165, 1.54) is 74.9 Å². The number of nitrogens with zero attached hydrogens (tertiary/aromatic N) is 8. The molecule has 1 saturated heterocycles. The molecule has 0 spiro atoms. The number of aryl methyl sites for hydroxylation is 2. The Kier molecular flexibility index (Phi) is 57.9. The van der Waals surface area contributed by atoms with Crippen LogP contribution >= 0.6 is 81.8 Å². The van der Waals surface area contributed by atoms with Crippen molar-refractivity contribution in [3.8, 4) is 24.2 Å². The van der Waals surface area contributed by atoms with Gasteiger partial charge in [0, 0.05) is 106 Å². The molecule has 546 valence electrons. The van der Waals surface area contributed by atoms with Crippen molar-refractivity contribution in [2.45, 2.75) is 149 Å². The zero-order valence-electron chi connectivity index (χ0n) is 75.3. The molecule has 4 aromatic heterocycles. The molecular formula is C58H122Cl2IN13O14P4Rb-. The second-order valence-corrected chi connectivity index (χ2v) is 22.0. The van der Waals surface area contributed by atoms with Crippen LogP contribution < -0.4 is 120 Å². The Morgan fingerprint density at radius 1 is 0.742 bits per heavy atom. The van der Waals surface area contributed by atoms with E-state index < -0.39 is 29.6 Å². The zero-order chi connectivity index (χ0) is 90.3. The average Bonchev–Trinajstić information content (AvgIpc) is 0.823. The Hall–Kier alpha value is -4.40. The molecule has 0 aliphatic carbocycles. The first kappa shape index (κ1) is 84.7. The van der Waals surface area contributed by atoms with Gasteiger partial charge in [0.15, 0.2) is 0 Å². The van der Waals surface area contributed by atoms with Gasteiger partial charge in [-0.3, -0.25) is 84.8 Å². The van der Waals surface area contributed by atoms with Gasteiger partial charge in [-0.25, -0.2) is 28.8 Å².